The molecule has 94 valence electrons. The minimum absolute atomic E-state index is 0.435. The van der Waals surface area contributed by atoms with Crippen LogP contribution in [0.5, 0.6) is 0 Å². The Bertz CT molecular complexity index is 377. The van der Waals surface area contributed by atoms with Crippen LogP contribution in [-0.2, 0) is 4.74 Å². The minimum Gasteiger partial charge on any atom is -0.444 e. The van der Waals surface area contributed by atoms with Crippen molar-refractivity contribution in [3.63, 3.8) is 0 Å². The van der Waals surface area contributed by atoms with Crippen LogP contribution in [0, 0.1) is 0 Å². The Balaban J connectivity index is 2.61. The molecule has 0 saturated carbocycles. The fraction of sp³-hybridized carbons (Fsp3) is 0.462. The van der Waals surface area contributed by atoms with Crippen molar-refractivity contribution in [2.75, 3.05) is 24.3 Å². The van der Waals surface area contributed by atoms with Crippen LogP contribution in [0.2, 0.25) is 0 Å². The van der Waals surface area contributed by atoms with E-state index in [4.69, 9.17) is 4.74 Å². The van der Waals surface area contributed by atoms with Crippen molar-refractivity contribution >= 4 is 17.5 Å². The normalized spacial score (nSPS) is 10.9. The van der Waals surface area contributed by atoms with E-state index in [0.717, 1.165) is 11.4 Å². The van der Waals surface area contributed by atoms with Crippen LogP contribution in [0.1, 0.15) is 20.8 Å². The molecule has 0 unspecified atom stereocenters. The molecular formula is C13H20N2O2. The second-order valence-electron chi connectivity index (χ2n) is 5.07. The van der Waals surface area contributed by atoms with Gasteiger partial charge in [0, 0.05) is 25.5 Å². The third-order valence-electron chi connectivity index (χ3n) is 2.03. The van der Waals surface area contributed by atoms with Crippen molar-refractivity contribution < 1.29 is 9.53 Å². The lowest BCUT2D eigenvalue weighted by atomic mass is 10.2. The Morgan fingerprint density at radius 3 is 2.12 bits per heavy atom. The molecule has 0 radical (unpaired) electrons. The van der Waals surface area contributed by atoms with Gasteiger partial charge >= 0.3 is 6.09 Å². The van der Waals surface area contributed by atoms with Gasteiger partial charge < -0.3 is 9.64 Å². The average molecular weight is 236 g/mol. The van der Waals surface area contributed by atoms with E-state index in [9.17, 15) is 4.79 Å². The quantitative estimate of drug-likeness (QED) is 0.857. The molecule has 1 N–H and O–H groups in total. The third kappa shape index (κ3) is 4.76. The lowest BCUT2D eigenvalue weighted by Crippen LogP contribution is -2.27. The molecule has 1 aromatic rings. The van der Waals surface area contributed by atoms with Gasteiger partial charge in [0.25, 0.3) is 0 Å². The van der Waals surface area contributed by atoms with E-state index >= 15 is 0 Å². The summed E-state index contributed by atoms with van der Waals surface area (Å²) in [5.74, 6) is 0. The van der Waals surface area contributed by atoms with Crippen molar-refractivity contribution in [3.8, 4) is 0 Å². The first kappa shape index (κ1) is 13.4. The molecule has 0 saturated heterocycles. The lowest BCUT2D eigenvalue weighted by Gasteiger charge is -2.20. The monoisotopic (exact) mass is 236 g/mol. The van der Waals surface area contributed by atoms with Gasteiger partial charge in [-0.2, -0.15) is 0 Å². The van der Waals surface area contributed by atoms with Crippen LogP contribution >= 0.6 is 0 Å². The molecule has 4 nitrogen and oxygen atoms in total. The van der Waals surface area contributed by atoms with Crippen LogP contribution in [0.15, 0.2) is 24.3 Å². The second-order valence-corrected chi connectivity index (χ2v) is 5.07. The topological polar surface area (TPSA) is 41.6 Å². The summed E-state index contributed by atoms with van der Waals surface area (Å²) in [6.45, 7) is 5.51. The molecule has 1 amide bonds. The van der Waals surface area contributed by atoms with Gasteiger partial charge in [-0.25, -0.2) is 4.79 Å². The molecule has 0 bridgehead atoms. The molecule has 0 spiro atoms. The van der Waals surface area contributed by atoms with E-state index in [1.54, 1.807) is 0 Å². The first-order valence-corrected chi connectivity index (χ1v) is 5.55. The summed E-state index contributed by atoms with van der Waals surface area (Å²) in [5, 5.41) is 2.68. The number of rotatable bonds is 2. The Morgan fingerprint density at radius 1 is 1.18 bits per heavy atom. The second kappa shape index (κ2) is 5.08. The number of carbonyl (C=O) groups excluding carboxylic acids is 1. The van der Waals surface area contributed by atoms with E-state index in [-0.39, 0.29) is 0 Å². The number of anilines is 2. The SMILES string of the molecule is CN(C)c1ccc(NC(=O)OC(C)(C)C)cc1. The smallest absolute Gasteiger partial charge is 0.412 e. The molecular weight excluding hydrogens is 216 g/mol. The Kier molecular flexibility index (Phi) is 3.99. The fourth-order valence-corrected chi connectivity index (χ4v) is 1.26. The first-order valence-electron chi connectivity index (χ1n) is 5.55. The minimum atomic E-state index is -0.479. The van der Waals surface area contributed by atoms with Crippen molar-refractivity contribution in [1.29, 1.82) is 0 Å². The van der Waals surface area contributed by atoms with Crippen LogP contribution in [0.3, 0.4) is 0 Å². The first-order chi connectivity index (χ1) is 7.78. The summed E-state index contributed by atoms with van der Waals surface area (Å²) < 4.78 is 5.16. The molecule has 1 aromatic carbocycles. The largest absolute Gasteiger partial charge is 0.444 e. The van der Waals surface area contributed by atoms with E-state index in [0.29, 0.717) is 0 Å². The summed E-state index contributed by atoms with van der Waals surface area (Å²) in [5.41, 5.74) is 1.33. The number of carbonyl (C=O) groups is 1. The molecule has 4 heteroatoms. The summed E-state index contributed by atoms with van der Waals surface area (Å²) in [4.78, 5) is 13.5. The van der Waals surface area contributed by atoms with Crippen molar-refractivity contribution in [1.82, 2.24) is 0 Å². The van der Waals surface area contributed by atoms with Gasteiger partial charge in [-0.15, -0.1) is 0 Å². The van der Waals surface area contributed by atoms with Crippen LogP contribution in [0.25, 0.3) is 0 Å². The third-order valence-corrected chi connectivity index (χ3v) is 2.03. The van der Waals surface area contributed by atoms with Crippen molar-refractivity contribution in [2.24, 2.45) is 0 Å². The van der Waals surface area contributed by atoms with Gasteiger partial charge in [-0.1, -0.05) is 0 Å². The molecule has 0 fully saturated rings. The molecule has 0 heterocycles. The van der Waals surface area contributed by atoms with Crippen LogP contribution < -0.4 is 10.2 Å². The number of hydrogen-bond acceptors (Lipinski definition) is 3. The number of ether oxygens (including phenoxy) is 1. The highest BCUT2D eigenvalue weighted by molar-refractivity contribution is 5.85. The zero-order valence-corrected chi connectivity index (χ0v) is 11.1. The van der Waals surface area contributed by atoms with E-state index in [1.807, 2.05) is 64.0 Å². The van der Waals surface area contributed by atoms with Crippen LogP contribution in [-0.4, -0.2) is 25.8 Å². The number of nitrogens with one attached hydrogen (secondary N) is 1. The fourth-order valence-electron chi connectivity index (χ4n) is 1.26. The average Bonchev–Trinajstić information content (AvgIpc) is 2.15. The Morgan fingerprint density at radius 2 is 1.71 bits per heavy atom. The summed E-state index contributed by atoms with van der Waals surface area (Å²) in [6.07, 6.45) is -0.435. The Hall–Kier alpha value is -1.71. The maximum atomic E-state index is 11.5. The Labute approximate surface area is 103 Å². The number of amides is 1. The maximum absolute atomic E-state index is 11.5. The van der Waals surface area contributed by atoms with E-state index < -0.39 is 11.7 Å². The summed E-state index contributed by atoms with van der Waals surface area (Å²) in [6, 6.07) is 7.57. The number of benzene rings is 1. The molecule has 0 aliphatic rings. The van der Waals surface area contributed by atoms with Gasteiger partial charge in [-0.3, -0.25) is 5.32 Å². The van der Waals surface area contributed by atoms with E-state index in [2.05, 4.69) is 5.32 Å². The summed E-state index contributed by atoms with van der Waals surface area (Å²) in [7, 11) is 3.94. The number of hydrogen-bond donors (Lipinski definition) is 1. The predicted octanol–water partition coefficient (Wildman–Crippen LogP) is 3.10. The zero-order valence-electron chi connectivity index (χ0n) is 11.1. The maximum Gasteiger partial charge on any atom is 0.412 e. The molecule has 17 heavy (non-hydrogen) atoms. The van der Waals surface area contributed by atoms with E-state index in [1.165, 1.54) is 0 Å². The standard InChI is InChI=1S/C13H20N2O2/c1-13(2,3)17-12(16)14-10-6-8-11(9-7-10)15(4)5/h6-9H,1-5H3,(H,14,16). The highest BCUT2D eigenvalue weighted by Crippen LogP contribution is 2.16. The number of nitrogens with zero attached hydrogens (tertiary/aromatic N) is 1. The highest BCUT2D eigenvalue weighted by atomic mass is 16.6. The van der Waals surface area contributed by atoms with Gasteiger partial charge in [-0.05, 0) is 45.0 Å². The zero-order chi connectivity index (χ0) is 13.1. The van der Waals surface area contributed by atoms with Crippen LogP contribution in [0.4, 0.5) is 16.2 Å². The molecule has 0 aliphatic heterocycles. The molecule has 0 aliphatic carbocycles. The van der Waals surface area contributed by atoms with Gasteiger partial charge in [0.15, 0.2) is 0 Å². The molecule has 1 rings (SSSR count). The van der Waals surface area contributed by atoms with Gasteiger partial charge in [0.1, 0.15) is 5.60 Å². The van der Waals surface area contributed by atoms with Gasteiger partial charge in [0.05, 0.1) is 0 Å². The van der Waals surface area contributed by atoms with Crippen molar-refractivity contribution in [2.45, 2.75) is 26.4 Å². The molecule has 0 atom stereocenters. The molecule has 0 aromatic heterocycles. The lowest BCUT2D eigenvalue weighted by molar-refractivity contribution is 0.0636. The predicted molar refractivity (Wildman–Crippen MR) is 70.6 cm³/mol. The van der Waals surface area contributed by atoms with Gasteiger partial charge in [0.2, 0.25) is 0 Å². The highest BCUT2D eigenvalue weighted by Gasteiger charge is 2.15. The summed E-state index contributed by atoms with van der Waals surface area (Å²) >= 11 is 0. The van der Waals surface area contributed by atoms with Crippen molar-refractivity contribution in [3.05, 3.63) is 24.3 Å².